The van der Waals surface area contributed by atoms with Crippen LogP contribution < -0.4 is 0 Å². The second kappa shape index (κ2) is 3.89. The molecule has 0 atom stereocenters. The fourth-order valence-corrected chi connectivity index (χ4v) is 1.34. The second-order valence-corrected chi connectivity index (χ2v) is 3.25. The van der Waals surface area contributed by atoms with Crippen LogP contribution in [-0.4, -0.2) is 5.78 Å². The number of hydrogen-bond acceptors (Lipinski definition) is 2. The number of ketones is 1. The predicted octanol–water partition coefficient (Wildman–Crippen LogP) is 3.25. The van der Waals surface area contributed by atoms with Crippen LogP contribution in [0.2, 0.25) is 0 Å². The molecular formula is C12H8F2O2. The van der Waals surface area contributed by atoms with E-state index in [0.29, 0.717) is 0 Å². The zero-order valence-electron chi connectivity index (χ0n) is 8.19. The molecule has 0 fully saturated rings. The number of Topliss-reactive ketones (excluding diaryl/α,β-unsaturated/α-hetero) is 1. The van der Waals surface area contributed by atoms with Gasteiger partial charge < -0.3 is 4.42 Å². The molecule has 0 aliphatic heterocycles. The quantitative estimate of drug-likeness (QED) is 0.746. The molecule has 82 valence electrons. The summed E-state index contributed by atoms with van der Waals surface area (Å²) in [6.45, 7) is 0. The lowest BCUT2D eigenvalue weighted by Gasteiger charge is -2.11. The molecule has 4 heteroatoms. The molecular weight excluding hydrogens is 214 g/mol. The molecule has 1 aromatic carbocycles. The third-order valence-electron chi connectivity index (χ3n) is 2.15. The van der Waals surface area contributed by atoms with Crippen LogP contribution in [0.4, 0.5) is 8.78 Å². The number of rotatable bonds is 3. The van der Waals surface area contributed by atoms with Crippen molar-refractivity contribution in [1.29, 1.82) is 0 Å². The summed E-state index contributed by atoms with van der Waals surface area (Å²) in [6.07, 6.45) is 1.11. The molecule has 0 radical (unpaired) electrons. The summed E-state index contributed by atoms with van der Waals surface area (Å²) in [5.41, 5.74) is -0.0381. The van der Waals surface area contributed by atoms with Crippen molar-refractivity contribution in [2.75, 3.05) is 0 Å². The SMILES string of the molecule is O=C(c1ccccc1)C(F)(F)c1ccco1. The molecule has 0 aliphatic rings. The molecule has 0 saturated heterocycles. The van der Waals surface area contributed by atoms with Gasteiger partial charge in [-0.2, -0.15) is 8.78 Å². The van der Waals surface area contributed by atoms with Crippen LogP contribution >= 0.6 is 0 Å². The summed E-state index contributed by atoms with van der Waals surface area (Å²) in [6, 6.07) is 9.82. The van der Waals surface area contributed by atoms with E-state index in [-0.39, 0.29) is 5.56 Å². The van der Waals surface area contributed by atoms with Gasteiger partial charge in [-0.3, -0.25) is 4.79 Å². The van der Waals surface area contributed by atoms with Crippen molar-refractivity contribution in [3.63, 3.8) is 0 Å². The first-order valence-corrected chi connectivity index (χ1v) is 4.64. The summed E-state index contributed by atoms with van der Waals surface area (Å²) in [5.74, 6) is -5.52. The Hall–Kier alpha value is -1.97. The smallest absolute Gasteiger partial charge is 0.366 e. The summed E-state index contributed by atoms with van der Waals surface area (Å²) < 4.78 is 31.8. The first-order valence-electron chi connectivity index (χ1n) is 4.64. The van der Waals surface area contributed by atoms with E-state index in [2.05, 4.69) is 4.42 Å². The summed E-state index contributed by atoms with van der Waals surface area (Å²) in [7, 11) is 0. The fourth-order valence-electron chi connectivity index (χ4n) is 1.34. The van der Waals surface area contributed by atoms with E-state index >= 15 is 0 Å². The number of halogens is 2. The molecule has 2 aromatic rings. The van der Waals surface area contributed by atoms with Crippen molar-refractivity contribution in [2.45, 2.75) is 5.92 Å². The Labute approximate surface area is 90.5 Å². The molecule has 0 N–H and O–H groups in total. The minimum atomic E-state index is -3.62. The highest BCUT2D eigenvalue weighted by Gasteiger charge is 2.43. The summed E-state index contributed by atoms with van der Waals surface area (Å²) >= 11 is 0. The Morgan fingerprint density at radius 1 is 1.06 bits per heavy atom. The average molecular weight is 222 g/mol. The maximum absolute atomic E-state index is 13.6. The van der Waals surface area contributed by atoms with Crippen molar-refractivity contribution >= 4 is 5.78 Å². The molecule has 1 heterocycles. The maximum Gasteiger partial charge on any atom is 0.366 e. The highest BCUT2D eigenvalue weighted by Crippen LogP contribution is 2.31. The van der Waals surface area contributed by atoms with Crippen LogP contribution in [0.3, 0.4) is 0 Å². The molecule has 0 amide bonds. The number of benzene rings is 1. The molecule has 0 spiro atoms. The van der Waals surface area contributed by atoms with Crippen molar-refractivity contribution in [2.24, 2.45) is 0 Å². The zero-order chi connectivity index (χ0) is 11.6. The van der Waals surface area contributed by atoms with Crippen molar-refractivity contribution in [3.05, 3.63) is 60.1 Å². The first-order chi connectivity index (χ1) is 7.62. The monoisotopic (exact) mass is 222 g/mol. The van der Waals surface area contributed by atoms with Gasteiger partial charge in [0.25, 0.3) is 0 Å². The Bertz CT molecular complexity index is 475. The van der Waals surface area contributed by atoms with Crippen LogP contribution in [0.15, 0.2) is 53.1 Å². The lowest BCUT2D eigenvalue weighted by molar-refractivity contribution is -0.00654. The minimum Gasteiger partial charge on any atom is -0.462 e. The topological polar surface area (TPSA) is 30.2 Å². The number of carbonyl (C=O) groups excluding carboxylic acids is 1. The average Bonchev–Trinajstić information content (AvgIpc) is 2.83. The normalized spacial score (nSPS) is 11.4. The van der Waals surface area contributed by atoms with Crippen molar-refractivity contribution in [3.8, 4) is 0 Å². The Kier molecular flexibility index (Phi) is 2.56. The van der Waals surface area contributed by atoms with Crippen LogP contribution in [-0.2, 0) is 5.92 Å². The Morgan fingerprint density at radius 3 is 2.31 bits per heavy atom. The van der Waals surface area contributed by atoms with E-state index in [1.807, 2.05) is 0 Å². The molecule has 16 heavy (non-hydrogen) atoms. The van der Waals surface area contributed by atoms with Gasteiger partial charge in [0.2, 0.25) is 5.78 Å². The van der Waals surface area contributed by atoms with Crippen LogP contribution in [0.5, 0.6) is 0 Å². The van der Waals surface area contributed by atoms with Gasteiger partial charge in [0.05, 0.1) is 6.26 Å². The van der Waals surface area contributed by atoms with E-state index in [9.17, 15) is 13.6 Å². The van der Waals surface area contributed by atoms with E-state index in [1.54, 1.807) is 6.07 Å². The predicted molar refractivity (Wildman–Crippen MR) is 53.4 cm³/mol. The van der Waals surface area contributed by atoms with E-state index in [4.69, 9.17) is 0 Å². The lowest BCUT2D eigenvalue weighted by Crippen LogP contribution is -2.25. The molecule has 2 nitrogen and oxygen atoms in total. The lowest BCUT2D eigenvalue weighted by atomic mass is 10.0. The largest absolute Gasteiger partial charge is 0.462 e. The van der Waals surface area contributed by atoms with E-state index < -0.39 is 17.5 Å². The number of carbonyl (C=O) groups is 1. The highest BCUT2D eigenvalue weighted by molar-refractivity contribution is 6.01. The molecule has 2 rings (SSSR count). The number of furan rings is 1. The van der Waals surface area contributed by atoms with E-state index in [0.717, 1.165) is 12.3 Å². The van der Waals surface area contributed by atoms with Gasteiger partial charge >= 0.3 is 5.92 Å². The third kappa shape index (κ3) is 1.74. The molecule has 0 unspecified atom stereocenters. The van der Waals surface area contributed by atoms with Gasteiger partial charge in [0.15, 0.2) is 5.76 Å². The fraction of sp³-hybridized carbons (Fsp3) is 0.0833. The van der Waals surface area contributed by atoms with Crippen LogP contribution in [0, 0.1) is 0 Å². The maximum atomic E-state index is 13.6. The molecule has 0 saturated carbocycles. The molecule has 0 aliphatic carbocycles. The van der Waals surface area contributed by atoms with Gasteiger partial charge in [-0.05, 0) is 12.1 Å². The first kappa shape index (κ1) is 10.5. The van der Waals surface area contributed by atoms with Crippen molar-refractivity contribution < 1.29 is 18.0 Å². The standard InChI is InChI=1S/C12H8F2O2/c13-12(14,10-7-4-8-16-10)11(15)9-5-2-1-3-6-9/h1-8H. The van der Waals surface area contributed by atoms with Crippen LogP contribution in [0.25, 0.3) is 0 Å². The zero-order valence-corrected chi connectivity index (χ0v) is 8.19. The summed E-state index contributed by atoms with van der Waals surface area (Å²) in [4.78, 5) is 11.6. The Balaban J connectivity index is 2.36. The van der Waals surface area contributed by atoms with Gasteiger partial charge in [-0.15, -0.1) is 0 Å². The number of hydrogen-bond donors (Lipinski definition) is 0. The minimum absolute atomic E-state index is 0.0381. The van der Waals surface area contributed by atoms with E-state index in [1.165, 1.54) is 30.3 Å². The third-order valence-corrected chi connectivity index (χ3v) is 2.15. The second-order valence-electron chi connectivity index (χ2n) is 3.25. The van der Waals surface area contributed by atoms with Gasteiger partial charge in [0, 0.05) is 5.56 Å². The molecule has 0 bridgehead atoms. The van der Waals surface area contributed by atoms with Gasteiger partial charge in [0.1, 0.15) is 0 Å². The van der Waals surface area contributed by atoms with Gasteiger partial charge in [-0.25, -0.2) is 0 Å². The van der Waals surface area contributed by atoms with Gasteiger partial charge in [-0.1, -0.05) is 30.3 Å². The highest BCUT2D eigenvalue weighted by atomic mass is 19.3. The Morgan fingerprint density at radius 2 is 1.75 bits per heavy atom. The summed E-state index contributed by atoms with van der Waals surface area (Å²) in [5, 5.41) is 0. The van der Waals surface area contributed by atoms with Crippen molar-refractivity contribution in [1.82, 2.24) is 0 Å². The van der Waals surface area contributed by atoms with Crippen LogP contribution in [0.1, 0.15) is 16.1 Å². The molecule has 1 aromatic heterocycles. The number of alkyl halides is 2.